The van der Waals surface area contributed by atoms with Gasteiger partial charge in [-0.2, -0.15) is 0 Å². The molecule has 0 aliphatic rings. The average Bonchev–Trinajstić information content (AvgIpc) is 3.20. The van der Waals surface area contributed by atoms with Crippen LogP contribution in [0.4, 0.5) is 0 Å². The van der Waals surface area contributed by atoms with Crippen molar-refractivity contribution in [3.05, 3.63) is 194 Å². The Morgan fingerprint density at radius 2 is 0.740 bits per heavy atom. The van der Waals surface area contributed by atoms with E-state index in [1.165, 1.54) is 32.7 Å². The van der Waals surface area contributed by atoms with Gasteiger partial charge < -0.3 is 0 Å². The van der Waals surface area contributed by atoms with Gasteiger partial charge in [0.25, 0.3) is 0 Å². The summed E-state index contributed by atoms with van der Waals surface area (Å²) in [5.74, 6) is 0. The molecule has 0 N–H and O–H groups in total. The van der Waals surface area contributed by atoms with Crippen LogP contribution >= 0.6 is 0 Å². The summed E-state index contributed by atoms with van der Waals surface area (Å²) in [5.41, 5.74) is 13.1. The molecule has 7 aromatic carbocycles. The van der Waals surface area contributed by atoms with Crippen molar-refractivity contribution in [2.75, 3.05) is 0 Å². The molecule has 2 heterocycles. The number of nitrogens with zero attached hydrogens (tertiary/aromatic N) is 2. The molecule has 2 nitrogen and oxygen atoms in total. The second-order valence-electron chi connectivity index (χ2n) is 12.6. The summed E-state index contributed by atoms with van der Waals surface area (Å²) in [7, 11) is 0. The fraction of sp³-hybridized carbons (Fsp3) is 0. The predicted molar refractivity (Wildman–Crippen MR) is 210 cm³/mol. The molecular weight excluding hydrogens is 605 g/mol. The smallest absolute Gasteiger partial charge is 0.0715 e. The van der Waals surface area contributed by atoms with E-state index in [1.54, 1.807) is 0 Å². The fourth-order valence-electron chi connectivity index (χ4n) is 7.01. The van der Waals surface area contributed by atoms with Gasteiger partial charge in [0, 0.05) is 22.9 Å². The van der Waals surface area contributed by atoms with Crippen LogP contribution < -0.4 is 0 Å². The maximum absolute atomic E-state index is 5.18. The lowest BCUT2D eigenvalue weighted by atomic mass is 9.88. The molecule has 0 aliphatic carbocycles. The zero-order valence-electron chi connectivity index (χ0n) is 27.4. The highest BCUT2D eigenvalue weighted by Gasteiger charge is 2.16. The van der Waals surface area contributed by atoms with Gasteiger partial charge in [0.1, 0.15) is 0 Å². The highest BCUT2D eigenvalue weighted by Crippen LogP contribution is 2.41. The van der Waals surface area contributed by atoms with Crippen LogP contribution in [0.3, 0.4) is 0 Å². The molecule has 0 saturated heterocycles. The zero-order chi connectivity index (χ0) is 33.3. The van der Waals surface area contributed by atoms with Crippen molar-refractivity contribution in [2.24, 2.45) is 0 Å². The van der Waals surface area contributed by atoms with Crippen molar-refractivity contribution in [3.63, 3.8) is 0 Å². The Hall–Kier alpha value is -6.64. The Balaban J connectivity index is 1.30. The van der Waals surface area contributed by atoms with Gasteiger partial charge in [0.05, 0.1) is 17.1 Å². The Kier molecular flexibility index (Phi) is 7.53. The highest BCUT2D eigenvalue weighted by molar-refractivity contribution is 6.13. The molecule has 234 valence electrons. The third-order valence-corrected chi connectivity index (χ3v) is 9.47. The highest BCUT2D eigenvalue weighted by atomic mass is 14.7. The topological polar surface area (TPSA) is 25.8 Å². The molecule has 0 spiro atoms. The first-order chi connectivity index (χ1) is 24.8. The van der Waals surface area contributed by atoms with E-state index in [4.69, 9.17) is 4.98 Å². The van der Waals surface area contributed by atoms with Crippen molar-refractivity contribution in [2.45, 2.75) is 0 Å². The lowest BCUT2D eigenvalue weighted by molar-refractivity contribution is 1.32. The second-order valence-corrected chi connectivity index (χ2v) is 12.6. The molecule has 0 atom stereocenters. The van der Waals surface area contributed by atoms with Gasteiger partial charge in [0.15, 0.2) is 0 Å². The van der Waals surface area contributed by atoms with Crippen molar-refractivity contribution in [3.8, 4) is 67.2 Å². The van der Waals surface area contributed by atoms with Gasteiger partial charge in [0.2, 0.25) is 0 Å². The summed E-state index contributed by atoms with van der Waals surface area (Å²) in [6, 6.07) is 67.0. The molecule has 2 heteroatoms. The Bertz CT molecular complexity index is 2500. The average molecular weight is 637 g/mol. The minimum atomic E-state index is 0.948. The maximum atomic E-state index is 5.18. The number of benzene rings is 7. The molecule has 0 fully saturated rings. The summed E-state index contributed by atoms with van der Waals surface area (Å²) in [6.07, 6.45) is 1.84. The minimum Gasteiger partial charge on any atom is -0.256 e. The molecule has 0 radical (unpaired) electrons. The number of pyridine rings is 2. The van der Waals surface area contributed by atoms with Gasteiger partial charge in [-0.3, -0.25) is 4.98 Å². The molecule has 2 aromatic heterocycles. The van der Waals surface area contributed by atoms with E-state index in [0.29, 0.717) is 0 Å². The predicted octanol–water partition coefficient (Wildman–Crippen LogP) is 12.8. The van der Waals surface area contributed by atoms with Crippen LogP contribution in [-0.4, -0.2) is 9.97 Å². The Morgan fingerprint density at radius 3 is 1.32 bits per heavy atom. The van der Waals surface area contributed by atoms with Gasteiger partial charge in [-0.1, -0.05) is 140 Å². The van der Waals surface area contributed by atoms with Gasteiger partial charge in [-0.05, 0) is 103 Å². The molecule has 0 aliphatic heterocycles. The zero-order valence-corrected chi connectivity index (χ0v) is 27.4. The van der Waals surface area contributed by atoms with E-state index in [0.717, 1.165) is 56.0 Å². The third kappa shape index (κ3) is 5.63. The number of aromatic nitrogens is 2. The summed E-state index contributed by atoms with van der Waals surface area (Å²) < 4.78 is 0. The number of hydrogen-bond donors (Lipinski definition) is 0. The van der Waals surface area contributed by atoms with Crippen LogP contribution in [0, 0.1) is 0 Å². The largest absolute Gasteiger partial charge is 0.256 e. The van der Waals surface area contributed by atoms with Crippen molar-refractivity contribution < 1.29 is 0 Å². The van der Waals surface area contributed by atoms with E-state index < -0.39 is 0 Å². The van der Waals surface area contributed by atoms with Crippen LogP contribution in [0.5, 0.6) is 0 Å². The van der Waals surface area contributed by atoms with Crippen molar-refractivity contribution in [1.82, 2.24) is 9.97 Å². The molecule has 50 heavy (non-hydrogen) atoms. The fourth-order valence-corrected chi connectivity index (χ4v) is 7.01. The van der Waals surface area contributed by atoms with E-state index in [9.17, 15) is 0 Å². The number of fused-ring (bicyclic) bond motifs is 2. The Morgan fingerprint density at radius 1 is 0.280 bits per heavy atom. The van der Waals surface area contributed by atoms with Gasteiger partial charge in [-0.25, -0.2) is 4.98 Å². The van der Waals surface area contributed by atoms with E-state index in [2.05, 4.69) is 181 Å². The lowest BCUT2D eigenvalue weighted by Gasteiger charge is -2.17. The first kappa shape index (κ1) is 29.5. The summed E-state index contributed by atoms with van der Waals surface area (Å²) in [4.78, 5) is 9.75. The van der Waals surface area contributed by atoms with Crippen LogP contribution in [0.2, 0.25) is 0 Å². The van der Waals surface area contributed by atoms with E-state index >= 15 is 0 Å². The summed E-state index contributed by atoms with van der Waals surface area (Å²) in [6.45, 7) is 0. The summed E-state index contributed by atoms with van der Waals surface area (Å²) >= 11 is 0. The first-order valence-electron chi connectivity index (χ1n) is 17.0. The van der Waals surface area contributed by atoms with Crippen molar-refractivity contribution >= 4 is 21.5 Å². The van der Waals surface area contributed by atoms with Crippen LogP contribution in [0.15, 0.2) is 194 Å². The molecule has 0 amide bonds. The van der Waals surface area contributed by atoms with Crippen molar-refractivity contribution in [1.29, 1.82) is 0 Å². The molecular formula is C48H32N2. The maximum Gasteiger partial charge on any atom is 0.0715 e. The molecule has 0 bridgehead atoms. The summed E-state index contributed by atoms with van der Waals surface area (Å²) in [5, 5.41) is 4.94. The number of rotatable bonds is 6. The molecule has 9 rings (SSSR count). The minimum absolute atomic E-state index is 0.948. The molecule has 0 unspecified atom stereocenters. The van der Waals surface area contributed by atoms with Crippen LogP contribution in [0.1, 0.15) is 0 Å². The van der Waals surface area contributed by atoms with Gasteiger partial charge in [-0.15, -0.1) is 0 Å². The van der Waals surface area contributed by atoms with E-state index in [1.807, 2.05) is 18.3 Å². The quantitative estimate of drug-likeness (QED) is 0.170. The molecule has 0 saturated carbocycles. The van der Waals surface area contributed by atoms with Crippen LogP contribution in [0.25, 0.3) is 88.7 Å². The SMILES string of the molecule is c1ccc(-c2cc(-c3cc(-c4ccc(-c5ccccn5)cc4)cc(-c4c5ccccc5cc5ccccc45)c3)cc(-c3ccccc3)n2)cc1. The normalized spacial score (nSPS) is 11.2. The molecule has 9 aromatic rings. The monoisotopic (exact) mass is 636 g/mol. The second kappa shape index (κ2) is 12.8. The number of hydrogen-bond acceptors (Lipinski definition) is 2. The first-order valence-corrected chi connectivity index (χ1v) is 17.0. The lowest BCUT2D eigenvalue weighted by Crippen LogP contribution is -1.93. The van der Waals surface area contributed by atoms with E-state index in [-0.39, 0.29) is 0 Å². The third-order valence-electron chi connectivity index (χ3n) is 9.47. The Labute approximate surface area is 292 Å². The van der Waals surface area contributed by atoms with Gasteiger partial charge >= 0.3 is 0 Å². The van der Waals surface area contributed by atoms with Crippen LogP contribution in [-0.2, 0) is 0 Å². The standard InChI is InChI=1S/C48H32N2/c1-3-13-34(14-4-1)46-31-41(32-47(50-46)35-15-5-2-6-16-35)40-28-39(33-22-24-36(25-23-33)45-21-11-12-26-49-45)29-42(30-40)48-43-19-9-7-17-37(43)27-38-18-8-10-20-44(38)48/h1-32H.